The van der Waals surface area contributed by atoms with Crippen molar-refractivity contribution in [3.63, 3.8) is 0 Å². The summed E-state index contributed by atoms with van der Waals surface area (Å²) in [5.41, 5.74) is 5.58. The molecule has 0 aromatic heterocycles. The minimum Gasteiger partial charge on any atom is -0.378 e. The lowest BCUT2D eigenvalue weighted by atomic mass is 10.3. The second-order valence-corrected chi connectivity index (χ2v) is 4.00. The lowest BCUT2D eigenvalue weighted by molar-refractivity contribution is 0.0633. The molecule has 0 fully saturated rings. The summed E-state index contributed by atoms with van der Waals surface area (Å²) in [6.45, 7) is 4.81. The molecular weight excluding hydrogens is 160 g/mol. The van der Waals surface area contributed by atoms with Crippen molar-refractivity contribution in [2.45, 2.75) is 31.7 Å². The zero-order chi connectivity index (χ0) is 8.27. The first-order chi connectivity index (χ1) is 5.22. The summed E-state index contributed by atoms with van der Waals surface area (Å²) in [4.78, 5) is 4.16. The fourth-order valence-corrected chi connectivity index (χ4v) is 1.91. The molecule has 3 nitrogen and oxygen atoms in total. The summed E-state index contributed by atoms with van der Waals surface area (Å²) in [5.74, 6) is 0. The van der Waals surface area contributed by atoms with Gasteiger partial charge in [-0.1, -0.05) is 18.7 Å². The van der Waals surface area contributed by atoms with Crippen LogP contribution in [0.15, 0.2) is 4.99 Å². The number of amidine groups is 1. The average Bonchev–Trinajstić information content (AvgIpc) is 1.85. The van der Waals surface area contributed by atoms with Gasteiger partial charge in [-0.25, -0.2) is 4.99 Å². The molecule has 2 atom stereocenters. The molecule has 1 heterocycles. The number of nitrogens with zero attached hydrogens (tertiary/aromatic N) is 1. The van der Waals surface area contributed by atoms with Crippen LogP contribution in [-0.2, 0) is 4.74 Å². The van der Waals surface area contributed by atoms with E-state index in [-0.39, 0.29) is 6.23 Å². The molecule has 1 aliphatic heterocycles. The quantitative estimate of drug-likeness (QED) is 0.684. The predicted octanol–water partition coefficient (Wildman–Crippen LogP) is 1.19. The summed E-state index contributed by atoms with van der Waals surface area (Å²) < 4.78 is 5.34. The standard InChI is InChI=1S/C7H14N2OS/c1-3-10-6-4-5(2)11-7(8)9-6/h5-6H,3-4H2,1-2H3,(H2,8,9). The maximum absolute atomic E-state index is 5.58. The molecule has 0 amide bonds. The van der Waals surface area contributed by atoms with Gasteiger partial charge in [0.25, 0.3) is 0 Å². The van der Waals surface area contributed by atoms with Crippen molar-refractivity contribution in [3.8, 4) is 0 Å². The number of rotatable bonds is 2. The van der Waals surface area contributed by atoms with Crippen LogP contribution in [0.2, 0.25) is 0 Å². The number of ether oxygens (including phenoxy) is 1. The van der Waals surface area contributed by atoms with Crippen LogP contribution in [0.4, 0.5) is 0 Å². The van der Waals surface area contributed by atoms with Gasteiger partial charge in [0.1, 0.15) is 0 Å². The Balaban J connectivity index is 2.47. The number of aliphatic imine (C=N–C) groups is 1. The van der Waals surface area contributed by atoms with Crippen LogP contribution in [-0.4, -0.2) is 23.3 Å². The third-order valence-corrected chi connectivity index (χ3v) is 2.43. The molecule has 64 valence electrons. The van der Waals surface area contributed by atoms with E-state index in [2.05, 4.69) is 11.9 Å². The van der Waals surface area contributed by atoms with Crippen LogP contribution >= 0.6 is 11.8 Å². The zero-order valence-corrected chi connectivity index (χ0v) is 7.73. The first-order valence-corrected chi connectivity index (χ1v) is 4.72. The van der Waals surface area contributed by atoms with Crippen molar-refractivity contribution in [1.82, 2.24) is 0 Å². The normalized spacial score (nSPS) is 31.6. The largest absolute Gasteiger partial charge is 0.378 e. The van der Waals surface area contributed by atoms with E-state index in [1.54, 1.807) is 11.8 Å². The molecule has 4 heteroatoms. The van der Waals surface area contributed by atoms with E-state index >= 15 is 0 Å². The fraction of sp³-hybridized carbons (Fsp3) is 0.857. The first kappa shape index (κ1) is 8.87. The van der Waals surface area contributed by atoms with Crippen LogP contribution < -0.4 is 5.73 Å². The number of hydrogen-bond acceptors (Lipinski definition) is 4. The molecule has 0 spiro atoms. The highest BCUT2D eigenvalue weighted by molar-refractivity contribution is 8.14. The van der Waals surface area contributed by atoms with Crippen molar-refractivity contribution in [1.29, 1.82) is 0 Å². The van der Waals surface area contributed by atoms with Crippen molar-refractivity contribution in [2.24, 2.45) is 10.7 Å². The van der Waals surface area contributed by atoms with Crippen LogP contribution in [0.5, 0.6) is 0 Å². The molecule has 1 rings (SSSR count). The zero-order valence-electron chi connectivity index (χ0n) is 6.91. The van der Waals surface area contributed by atoms with Gasteiger partial charge in [-0.3, -0.25) is 0 Å². The van der Waals surface area contributed by atoms with Crippen molar-refractivity contribution in [2.75, 3.05) is 6.61 Å². The van der Waals surface area contributed by atoms with Crippen LogP contribution in [0.1, 0.15) is 20.3 Å². The molecular formula is C7H14N2OS. The summed E-state index contributed by atoms with van der Waals surface area (Å²) in [6.07, 6.45) is 0.968. The van der Waals surface area contributed by atoms with Gasteiger partial charge in [-0.2, -0.15) is 0 Å². The Morgan fingerprint density at radius 3 is 3.09 bits per heavy atom. The molecule has 0 radical (unpaired) electrons. The van der Waals surface area contributed by atoms with Crippen LogP contribution in [0, 0.1) is 0 Å². The number of hydrogen-bond donors (Lipinski definition) is 1. The molecule has 0 saturated heterocycles. The van der Waals surface area contributed by atoms with Gasteiger partial charge in [0.15, 0.2) is 11.4 Å². The van der Waals surface area contributed by atoms with Gasteiger partial charge in [0, 0.05) is 18.3 Å². The summed E-state index contributed by atoms with van der Waals surface area (Å²) >= 11 is 1.62. The van der Waals surface area contributed by atoms with Crippen molar-refractivity contribution in [3.05, 3.63) is 0 Å². The van der Waals surface area contributed by atoms with E-state index in [0.29, 0.717) is 17.0 Å². The molecule has 0 aromatic carbocycles. The molecule has 0 aliphatic carbocycles. The highest BCUT2D eigenvalue weighted by Gasteiger charge is 2.19. The number of thioether (sulfide) groups is 1. The van der Waals surface area contributed by atoms with Crippen molar-refractivity contribution >= 4 is 16.9 Å². The van der Waals surface area contributed by atoms with Gasteiger partial charge in [-0.15, -0.1) is 0 Å². The lowest BCUT2D eigenvalue weighted by Crippen LogP contribution is -2.26. The summed E-state index contributed by atoms with van der Waals surface area (Å²) in [7, 11) is 0. The Kier molecular flexibility index (Phi) is 3.20. The third kappa shape index (κ3) is 2.71. The Hall–Kier alpha value is -0.220. The fourth-order valence-electron chi connectivity index (χ4n) is 1.06. The maximum Gasteiger partial charge on any atom is 0.156 e. The molecule has 2 N–H and O–H groups in total. The second-order valence-electron chi connectivity index (χ2n) is 2.54. The second kappa shape index (κ2) is 3.97. The van der Waals surface area contributed by atoms with Crippen LogP contribution in [0.3, 0.4) is 0 Å². The van der Waals surface area contributed by atoms with Gasteiger partial charge in [-0.05, 0) is 6.92 Å². The Morgan fingerprint density at radius 1 is 1.82 bits per heavy atom. The van der Waals surface area contributed by atoms with Crippen LogP contribution in [0.25, 0.3) is 0 Å². The third-order valence-electron chi connectivity index (χ3n) is 1.49. The Bertz CT molecular complexity index is 161. The average molecular weight is 174 g/mol. The smallest absolute Gasteiger partial charge is 0.156 e. The highest BCUT2D eigenvalue weighted by atomic mass is 32.2. The molecule has 0 bridgehead atoms. The monoisotopic (exact) mass is 174 g/mol. The van der Waals surface area contributed by atoms with E-state index in [1.807, 2.05) is 6.92 Å². The maximum atomic E-state index is 5.58. The summed E-state index contributed by atoms with van der Waals surface area (Å²) in [5, 5.41) is 1.19. The lowest BCUT2D eigenvalue weighted by Gasteiger charge is -2.22. The van der Waals surface area contributed by atoms with E-state index in [0.717, 1.165) is 6.42 Å². The van der Waals surface area contributed by atoms with Crippen molar-refractivity contribution < 1.29 is 4.74 Å². The van der Waals surface area contributed by atoms with Gasteiger partial charge in [0.05, 0.1) is 0 Å². The Labute approximate surface area is 71.4 Å². The minimum absolute atomic E-state index is 0.00347. The van der Waals surface area contributed by atoms with Gasteiger partial charge in [0.2, 0.25) is 0 Å². The molecule has 0 aromatic rings. The van der Waals surface area contributed by atoms with E-state index in [4.69, 9.17) is 10.5 Å². The predicted molar refractivity (Wildman–Crippen MR) is 48.7 cm³/mol. The molecule has 11 heavy (non-hydrogen) atoms. The first-order valence-electron chi connectivity index (χ1n) is 3.84. The van der Waals surface area contributed by atoms with E-state index < -0.39 is 0 Å². The highest BCUT2D eigenvalue weighted by Crippen LogP contribution is 2.23. The molecule has 2 unspecified atom stereocenters. The SMILES string of the molecule is CCOC1CC(C)SC(N)=N1. The minimum atomic E-state index is -0.00347. The number of nitrogens with two attached hydrogens (primary N) is 1. The van der Waals surface area contributed by atoms with E-state index in [1.165, 1.54) is 0 Å². The molecule has 0 saturated carbocycles. The van der Waals surface area contributed by atoms with Gasteiger partial charge >= 0.3 is 0 Å². The van der Waals surface area contributed by atoms with E-state index in [9.17, 15) is 0 Å². The summed E-state index contributed by atoms with van der Waals surface area (Å²) in [6, 6.07) is 0. The topological polar surface area (TPSA) is 47.6 Å². The van der Waals surface area contributed by atoms with Gasteiger partial charge < -0.3 is 10.5 Å². The molecule has 1 aliphatic rings. The Morgan fingerprint density at radius 2 is 2.55 bits per heavy atom.